The SMILES string of the molecule is [2H]N(C(=O)CI)[C@]([2H])(C(=O)O)C([2H])([2H])C([2H])([2H])CN=C(N)N. The largest absolute Gasteiger partial charge is 0.480 e. The van der Waals surface area contributed by atoms with E-state index in [-0.39, 0.29) is 4.43 Å². The van der Waals surface area contributed by atoms with E-state index in [4.69, 9.17) is 24.8 Å². The zero-order valence-electron chi connectivity index (χ0n) is 14.1. The number of halogens is 1. The summed E-state index contributed by atoms with van der Waals surface area (Å²) in [7, 11) is 0. The molecule has 0 saturated heterocycles. The van der Waals surface area contributed by atoms with Gasteiger partial charge in [-0.15, -0.1) is 0 Å². The van der Waals surface area contributed by atoms with Crippen molar-refractivity contribution in [2.24, 2.45) is 16.5 Å². The van der Waals surface area contributed by atoms with E-state index in [2.05, 4.69) is 4.99 Å². The van der Waals surface area contributed by atoms with Gasteiger partial charge in [-0.1, -0.05) is 22.6 Å². The van der Waals surface area contributed by atoms with Crippen LogP contribution in [0, 0.1) is 0 Å². The molecule has 0 fully saturated rings. The topological polar surface area (TPSA) is 131 Å². The number of carboxylic acid groups (broad SMARTS) is 1. The molecule has 0 aromatic rings. The molecule has 0 heterocycles. The maximum Gasteiger partial charge on any atom is 0.326 e. The van der Waals surface area contributed by atoms with Crippen molar-refractivity contribution in [2.75, 3.05) is 11.0 Å². The molecular weight excluding hydrogens is 327 g/mol. The van der Waals surface area contributed by atoms with Gasteiger partial charge < -0.3 is 21.9 Å². The van der Waals surface area contributed by atoms with Gasteiger partial charge in [0.25, 0.3) is 0 Å². The first kappa shape index (κ1) is 7.30. The normalized spacial score (nSPS) is 20.8. The Balaban J connectivity index is 5.98. The second kappa shape index (κ2) is 8.13. The van der Waals surface area contributed by atoms with Crippen LogP contribution < -0.4 is 16.8 Å². The predicted octanol–water partition coefficient (Wildman–Crippen LogP) is -0.956. The van der Waals surface area contributed by atoms with Crippen LogP contribution in [0.3, 0.4) is 0 Å². The highest BCUT2D eigenvalue weighted by molar-refractivity contribution is 14.1. The molecule has 0 unspecified atom stereocenters. The average molecular weight is 348 g/mol. The second-order valence-corrected chi connectivity index (χ2v) is 3.10. The Morgan fingerprint density at radius 2 is 2.31 bits per heavy atom. The summed E-state index contributed by atoms with van der Waals surface area (Å²) in [4.78, 5) is 26.1. The Morgan fingerprint density at radius 3 is 2.75 bits per heavy atom. The number of carbonyl (C=O) groups is 2. The monoisotopic (exact) mass is 348 g/mol. The highest BCUT2D eigenvalue weighted by atomic mass is 127. The Morgan fingerprint density at radius 1 is 1.69 bits per heavy atom. The Kier molecular flexibility index (Phi) is 3.71. The van der Waals surface area contributed by atoms with Gasteiger partial charge in [0.1, 0.15) is 6.02 Å². The van der Waals surface area contributed by atoms with Crippen molar-refractivity contribution < 1.29 is 23.0 Å². The number of nitrogens with one attached hydrogen (secondary N) is 1. The number of aliphatic carboxylic acids is 1. The lowest BCUT2D eigenvalue weighted by Gasteiger charge is -2.12. The van der Waals surface area contributed by atoms with E-state index in [0.29, 0.717) is 0 Å². The third-order valence-corrected chi connectivity index (χ3v) is 1.75. The number of hydrogen-bond acceptors (Lipinski definition) is 3. The van der Waals surface area contributed by atoms with Crippen LogP contribution in [0.5, 0.6) is 0 Å². The predicted molar refractivity (Wildman–Crippen MR) is 68.4 cm³/mol. The van der Waals surface area contributed by atoms with Crippen LogP contribution in [0.4, 0.5) is 0 Å². The molecule has 0 spiro atoms. The number of hydrogen-bond donors (Lipinski definition) is 4. The smallest absolute Gasteiger partial charge is 0.326 e. The van der Waals surface area contributed by atoms with Gasteiger partial charge in [-0.3, -0.25) is 9.79 Å². The molecule has 0 bridgehead atoms. The number of carbonyl (C=O) groups excluding carboxylic acids is 1. The molecular formula is C8H15IN4O3. The van der Waals surface area contributed by atoms with Crippen LogP contribution in [0.15, 0.2) is 4.99 Å². The number of nitrogens with two attached hydrogens (primary N) is 2. The molecule has 1 amide bonds. The Labute approximate surface area is 115 Å². The lowest BCUT2D eigenvalue weighted by Crippen LogP contribution is -2.41. The number of alkyl halides is 1. The zero-order valence-corrected chi connectivity index (χ0v) is 10.3. The van der Waals surface area contributed by atoms with Gasteiger partial charge >= 0.3 is 5.97 Å². The minimum Gasteiger partial charge on any atom is -0.480 e. The van der Waals surface area contributed by atoms with E-state index >= 15 is 0 Å². The summed E-state index contributed by atoms with van der Waals surface area (Å²) >= 11 is 1.51. The molecule has 8 heteroatoms. The minimum absolute atomic E-state index is 0.387. The minimum atomic E-state index is -3.53. The molecule has 1 atom stereocenters. The summed E-state index contributed by atoms with van der Waals surface area (Å²) in [5.41, 5.74) is 10.0. The first-order chi connectivity index (χ1) is 9.75. The Hall–Kier alpha value is -1.06. The molecule has 16 heavy (non-hydrogen) atoms. The fourth-order valence-corrected chi connectivity index (χ4v) is 0.708. The van der Waals surface area contributed by atoms with E-state index in [1.165, 1.54) is 22.6 Å². The molecule has 0 aliphatic carbocycles. The number of amides is 1. The van der Waals surface area contributed by atoms with E-state index < -0.39 is 48.5 Å². The van der Waals surface area contributed by atoms with E-state index in [1.807, 2.05) is 0 Å². The van der Waals surface area contributed by atoms with Gasteiger partial charge in [-0.2, -0.15) is 0 Å². The van der Waals surface area contributed by atoms with Gasteiger partial charge in [0.05, 0.1) is 5.80 Å². The molecule has 0 saturated carbocycles. The van der Waals surface area contributed by atoms with Crippen LogP contribution in [-0.4, -0.2) is 39.9 Å². The molecule has 7 nitrogen and oxygen atoms in total. The van der Waals surface area contributed by atoms with Crippen LogP contribution >= 0.6 is 22.6 Å². The molecule has 0 aromatic carbocycles. The highest BCUT2D eigenvalue weighted by Gasteiger charge is 2.18. The van der Waals surface area contributed by atoms with E-state index in [1.54, 1.807) is 0 Å². The fourth-order valence-electron chi connectivity index (χ4n) is 0.538. The first-order valence-corrected chi connectivity index (χ1v) is 5.45. The van der Waals surface area contributed by atoms with Gasteiger partial charge in [-0.25, -0.2) is 4.79 Å². The first-order valence-electron chi connectivity index (χ1n) is 6.87. The molecule has 0 aliphatic rings. The molecule has 0 aromatic heterocycles. The van der Waals surface area contributed by atoms with Gasteiger partial charge in [0.15, 0.2) is 7.37 Å². The second-order valence-electron chi connectivity index (χ2n) is 2.34. The summed E-state index contributed by atoms with van der Waals surface area (Å²) < 4.78 is 45.5. The summed E-state index contributed by atoms with van der Waals surface area (Å²) in [5.74, 6) is -3.92. The third kappa shape index (κ3) is 7.26. The van der Waals surface area contributed by atoms with Gasteiger partial charge in [0, 0.05) is 12.0 Å². The summed E-state index contributed by atoms with van der Waals surface area (Å²) in [6.45, 7) is -0.984. The van der Waals surface area contributed by atoms with Crippen LogP contribution in [0.2, 0.25) is 1.41 Å². The zero-order chi connectivity index (χ0) is 17.9. The maximum absolute atomic E-state index is 11.5. The van der Waals surface area contributed by atoms with Crippen molar-refractivity contribution >= 4 is 40.4 Å². The van der Waals surface area contributed by atoms with E-state index in [0.717, 1.165) is 0 Å². The van der Waals surface area contributed by atoms with Crippen LogP contribution in [0.1, 0.15) is 19.6 Å². The highest BCUT2D eigenvalue weighted by Crippen LogP contribution is 1.99. The quantitative estimate of drug-likeness (QED) is 0.204. The lowest BCUT2D eigenvalue weighted by atomic mass is 10.1. The van der Waals surface area contributed by atoms with Crippen molar-refractivity contribution in [3.05, 3.63) is 0 Å². The molecule has 0 aliphatic heterocycles. The van der Waals surface area contributed by atoms with Crippen LogP contribution in [-0.2, 0) is 9.59 Å². The standard InChI is InChI=1S/C8H15IN4O3/c9-4-6(14)13-5(7(15)16)2-1-3-12-8(10)11/h5H,1-4H2,(H,13,14)(H,15,16)(H4,10,11,12)/t5-/m0/s1/i1D2,2D2,5D/hD. The molecule has 0 radical (unpaired) electrons. The molecule has 6 N–H and O–H groups in total. The molecule has 0 rings (SSSR count). The van der Waals surface area contributed by atoms with Crippen molar-refractivity contribution in [3.63, 3.8) is 0 Å². The lowest BCUT2D eigenvalue weighted by molar-refractivity contribution is -0.141. The van der Waals surface area contributed by atoms with Crippen molar-refractivity contribution in [2.45, 2.75) is 18.8 Å². The van der Waals surface area contributed by atoms with Crippen molar-refractivity contribution in [3.8, 4) is 0 Å². The number of rotatable bonds is 7. The van der Waals surface area contributed by atoms with Crippen molar-refractivity contribution in [1.29, 1.82) is 0 Å². The van der Waals surface area contributed by atoms with Gasteiger partial charge in [0.2, 0.25) is 5.91 Å². The summed E-state index contributed by atoms with van der Waals surface area (Å²) in [6.07, 6.45) is -6.53. The number of guanidine groups is 1. The van der Waals surface area contributed by atoms with Gasteiger partial charge in [-0.05, 0) is 12.7 Å². The molecule has 92 valence electrons. The number of nitrogens with zero attached hydrogens (tertiary/aromatic N) is 1. The average Bonchev–Trinajstić information content (AvgIpc) is 2.41. The summed E-state index contributed by atoms with van der Waals surface area (Å²) in [5, 5.41) is 8.73. The van der Waals surface area contributed by atoms with E-state index in [9.17, 15) is 9.59 Å². The fraction of sp³-hybridized carbons (Fsp3) is 0.625. The Bertz CT molecular complexity index is 487. The van der Waals surface area contributed by atoms with Crippen molar-refractivity contribution in [1.82, 2.24) is 5.31 Å². The van der Waals surface area contributed by atoms with Crippen LogP contribution in [0.25, 0.3) is 0 Å². The maximum atomic E-state index is 11.5. The third-order valence-electron chi connectivity index (χ3n) is 1.10. The summed E-state index contributed by atoms with van der Waals surface area (Å²) in [6, 6.07) is -3.53. The number of aliphatic imine (C=N–C) groups is 1. The number of carboxylic acids is 1.